The molecular weight excluding hydrogens is 393 g/mol. The van der Waals surface area contributed by atoms with E-state index in [0.29, 0.717) is 5.56 Å². The quantitative estimate of drug-likeness (QED) is 0.693. The number of aryl methyl sites for hydroxylation is 1. The number of anilines is 1. The van der Waals surface area contributed by atoms with Crippen LogP contribution in [-0.2, 0) is 13.2 Å². The number of halogens is 4. The van der Waals surface area contributed by atoms with Gasteiger partial charge in [0.1, 0.15) is 23.5 Å². The number of rotatable bonds is 2. The molecule has 0 aliphatic rings. The minimum absolute atomic E-state index is 0.0240. The van der Waals surface area contributed by atoms with E-state index in [-0.39, 0.29) is 33.8 Å². The van der Waals surface area contributed by atoms with Gasteiger partial charge in [0.2, 0.25) is 0 Å². The Morgan fingerprint density at radius 2 is 1.82 bits per heavy atom. The van der Waals surface area contributed by atoms with Crippen LogP contribution in [0.3, 0.4) is 0 Å². The lowest BCUT2D eigenvalue weighted by Crippen LogP contribution is -2.07. The number of aromatic nitrogens is 3. The molecule has 0 amide bonds. The fourth-order valence-electron chi connectivity index (χ4n) is 2.76. The molecule has 2 N–H and O–H groups in total. The van der Waals surface area contributed by atoms with E-state index in [9.17, 15) is 23.7 Å². The van der Waals surface area contributed by atoms with E-state index in [1.54, 1.807) is 13.2 Å². The molecule has 0 spiro atoms. The van der Waals surface area contributed by atoms with Crippen molar-refractivity contribution in [3.8, 4) is 34.5 Å². The highest BCUT2D eigenvalue weighted by atomic mass is 35.5. The Kier molecular flexibility index (Phi) is 4.72. The average Bonchev–Trinajstić information content (AvgIpc) is 3.06. The summed E-state index contributed by atoms with van der Waals surface area (Å²) in [5.41, 5.74) is 4.99. The van der Waals surface area contributed by atoms with Crippen LogP contribution in [0.25, 0.3) is 22.4 Å². The molecular formula is C18H10ClF3N6. The predicted octanol–water partition coefficient (Wildman–Crippen LogP) is 4.15. The summed E-state index contributed by atoms with van der Waals surface area (Å²) in [6.07, 6.45) is -1.71. The summed E-state index contributed by atoms with van der Waals surface area (Å²) in [6.45, 7) is 0. The molecule has 0 atom stereocenters. The van der Waals surface area contributed by atoms with Crippen LogP contribution in [0.1, 0.15) is 16.7 Å². The first-order valence-corrected chi connectivity index (χ1v) is 8.05. The number of nitrogens with two attached hydrogens (primary N) is 1. The van der Waals surface area contributed by atoms with Crippen molar-refractivity contribution in [2.45, 2.75) is 6.18 Å². The maximum absolute atomic E-state index is 13.3. The molecule has 2 heterocycles. The predicted molar refractivity (Wildman–Crippen MR) is 95.7 cm³/mol. The topological polar surface area (TPSA) is 104 Å². The third-order valence-electron chi connectivity index (χ3n) is 3.99. The third kappa shape index (κ3) is 3.24. The SMILES string of the molecule is Cn1cc(-c2nc(N)c(C#N)c(-c3ccc(Cl)c(C(F)(F)F)c3)c2C#N)cn1. The minimum atomic E-state index is -4.71. The molecule has 2 aromatic heterocycles. The Balaban J connectivity index is 2.40. The molecule has 10 heteroatoms. The zero-order valence-electron chi connectivity index (χ0n) is 14.2. The fraction of sp³-hybridized carbons (Fsp3) is 0.111. The molecule has 0 saturated carbocycles. The van der Waals surface area contributed by atoms with Gasteiger partial charge < -0.3 is 5.73 Å². The molecule has 1 aromatic carbocycles. The van der Waals surface area contributed by atoms with Gasteiger partial charge in [-0.1, -0.05) is 17.7 Å². The standard InChI is InChI=1S/C18H10ClF3N6/c1-28-8-10(7-26-28)16-11(5-23)15(12(6-24)17(25)27-16)9-2-3-14(19)13(4-9)18(20,21)22/h2-4,7-8H,1H3,(H2,25,27). The number of pyridine rings is 1. The van der Waals surface area contributed by atoms with E-state index in [0.717, 1.165) is 12.1 Å². The maximum Gasteiger partial charge on any atom is 0.417 e. The molecule has 3 rings (SSSR count). The highest BCUT2D eigenvalue weighted by Gasteiger charge is 2.34. The second-order valence-electron chi connectivity index (χ2n) is 5.79. The number of nitrogens with zero attached hydrogens (tertiary/aromatic N) is 5. The van der Waals surface area contributed by atoms with Gasteiger partial charge in [0.15, 0.2) is 0 Å². The second-order valence-corrected chi connectivity index (χ2v) is 6.20. The van der Waals surface area contributed by atoms with Gasteiger partial charge in [-0.05, 0) is 17.7 Å². The van der Waals surface area contributed by atoms with Crippen molar-refractivity contribution in [2.75, 3.05) is 5.73 Å². The van der Waals surface area contributed by atoms with Crippen LogP contribution in [0.5, 0.6) is 0 Å². The van der Waals surface area contributed by atoms with E-state index in [2.05, 4.69) is 10.1 Å². The highest BCUT2D eigenvalue weighted by Crippen LogP contribution is 2.40. The average molecular weight is 403 g/mol. The second kappa shape index (κ2) is 6.87. The lowest BCUT2D eigenvalue weighted by atomic mass is 9.92. The van der Waals surface area contributed by atoms with Crippen LogP contribution >= 0.6 is 11.6 Å². The molecule has 0 unspecified atom stereocenters. The number of nitriles is 2. The van der Waals surface area contributed by atoms with Gasteiger partial charge in [-0.3, -0.25) is 4.68 Å². The molecule has 6 nitrogen and oxygen atoms in total. The van der Waals surface area contributed by atoms with Crippen LogP contribution in [0.15, 0.2) is 30.6 Å². The zero-order valence-corrected chi connectivity index (χ0v) is 15.0. The van der Waals surface area contributed by atoms with Gasteiger partial charge in [0, 0.05) is 24.4 Å². The Morgan fingerprint density at radius 3 is 2.36 bits per heavy atom. The monoisotopic (exact) mass is 402 g/mol. The Hall–Kier alpha value is -3.56. The van der Waals surface area contributed by atoms with Gasteiger partial charge in [-0.25, -0.2) is 4.98 Å². The molecule has 140 valence electrons. The Morgan fingerprint density at radius 1 is 1.14 bits per heavy atom. The third-order valence-corrected chi connectivity index (χ3v) is 4.32. The van der Waals surface area contributed by atoms with Gasteiger partial charge in [0.05, 0.1) is 28.0 Å². The fourth-order valence-corrected chi connectivity index (χ4v) is 2.99. The molecule has 28 heavy (non-hydrogen) atoms. The van der Waals surface area contributed by atoms with Crippen molar-refractivity contribution in [3.63, 3.8) is 0 Å². The number of nitrogen functional groups attached to an aromatic ring is 1. The smallest absolute Gasteiger partial charge is 0.383 e. The van der Waals surface area contributed by atoms with Crippen molar-refractivity contribution < 1.29 is 13.2 Å². The van der Waals surface area contributed by atoms with Gasteiger partial charge in [0.25, 0.3) is 0 Å². The van der Waals surface area contributed by atoms with Crippen molar-refractivity contribution in [2.24, 2.45) is 7.05 Å². The summed E-state index contributed by atoms with van der Waals surface area (Å²) in [7, 11) is 1.65. The van der Waals surface area contributed by atoms with Gasteiger partial charge >= 0.3 is 6.18 Å². The number of alkyl halides is 3. The molecule has 0 aliphatic heterocycles. The molecule has 0 aliphatic carbocycles. The van der Waals surface area contributed by atoms with E-state index >= 15 is 0 Å². The van der Waals surface area contributed by atoms with Crippen molar-refractivity contribution in [1.82, 2.24) is 14.8 Å². The Bertz CT molecular complexity index is 1170. The number of hydrogen-bond donors (Lipinski definition) is 1. The summed E-state index contributed by atoms with van der Waals surface area (Å²) in [6, 6.07) is 6.88. The van der Waals surface area contributed by atoms with Crippen LogP contribution in [-0.4, -0.2) is 14.8 Å². The summed E-state index contributed by atoms with van der Waals surface area (Å²) in [5, 5.41) is 22.7. The summed E-state index contributed by atoms with van der Waals surface area (Å²) < 4.78 is 41.3. The van der Waals surface area contributed by atoms with Crippen molar-refractivity contribution >= 4 is 17.4 Å². The first kappa shape index (κ1) is 19.2. The van der Waals surface area contributed by atoms with E-state index in [1.165, 1.54) is 16.9 Å². The Labute approximate surface area is 162 Å². The highest BCUT2D eigenvalue weighted by molar-refractivity contribution is 6.31. The maximum atomic E-state index is 13.3. The first-order valence-electron chi connectivity index (χ1n) is 7.67. The summed E-state index contributed by atoms with van der Waals surface area (Å²) >= 11 is 5.68. The summed E-state index contributed by atoms with van der Waals surface area (Å²) in [5.74, 6) is -0.209. The largest absolute Gasteiger partial charge is 0.417 e. The lowest BCUT2D eigenvalue weighted by molar-refractivity contribution is -0.137. The number of hydrogen-bond acceptors (Lipinski definition) is 5. The van der Waals surface area contributed by atoms with Crippen LogP contribution in [0.2, 0.25) is 5.02 Å². The lowest BCUT2D eigenvalue weighted by Gasteiger charge is -2.15. The van der Waals surface area contributed by atoms with E-state index < -0.39 is 16.8 Å². The van der Waals surface area contributed by atoms with Crippen LogP contribution < -0.4 is 5.73 Å². The summed E-state index contributed by atoms with van der Waals surface area (Å²) in [4.78, 5) is 4.10. The molecule has 0 radical (unpaired) electrons. The van der Waals surface area contributed by atoms with Crippen LogP contribution in [0.4, 0.5) is 19.0 Å². The first-order chi connectivity index (χ1) is 13.2. The normalized spacial score (nSPS) is 11.1. The van der Waals surface area contributed by atoms with E-state index in [4.69, 9.17) is 17.3 Å². The van der Waals surface area contributed by atoms with E-state index in [1.807, 2.05) is 12.1 Å². The zero-order chi connectivity index (χ0) is 20.6. The van der Waals surface area contributed by atoms with Gasteiger partial charge in [-0.15, -0.1) is 0 Å². The van der Waals surface area contributed by atoms with Crippen molar-refractivity contribution in [3.05, 3.63) is 52.3 Å². The molecule has 0 fully saturated rings. The molecule has 0 saturated heterocycles. The number of benzene rings is 1. The van der Waals surface area contributed by atoms with Crippen molar-refractivity contribution in [1.29, 1.82) is 10.5 Å². The minimum Gasteiger partial charge on any atom is -0.383 e. The van der Waals surface area contributed by atoms with Gasteiger partial charge in [-0.2, -0.15) is 28.8 Å². The molecule has 0 bridgehead atoms. The van der Waals surface area contributed by atoms with Crippen LogP contribution in [0, 0.1) is 22.7 Å². The molecule has 3 aromatic rings.